The molecule has 1 aliphatic carbocycles. The Kier molecular flexibility index (Phi) is 2.77. The van der Waals surface area contributed by atoms with Crippen LogP contribution in [0, 0.1) is 5.92 Å². The second-order valence-corrected chi connectivity index (χ2v) is 5.91. The standard InChI is InChI=1S/C13H22N2O2/c1-13(10-6-7-14-8-10)9-17-12(16)15(13)11-4-2-3-5-11/h10-11,14H,2-9H2,1H3. The van der Waals surface area contributed by atoms with Gasteiger partial charge < -0.3 is 10.1 Å². The van der Waals surface area contributed by atoms with E-state index in [2.05, 4.69) is 17.1 Å². The Balaban J connectivity index is 1.83. The maximum atomic E-state index is 12.0. The number of nitrogens with zero attached hydrogens (tertiary/aromatic N) is 1. The van der Waals surface area contributed by atoms with Gasteiger partial charge in [0.1, 0.15) is 6.61 Å². The molecule has 4 nitrogen and oxygen atoms in total. The molecule has 3 rings (SSSR count). The third-order valence-corrected chi connectivity index (χ3v) is 4.86. The highest BCUT2D eigenvalue weighted by Crippen LogP contribution is 2.40. The summed E-state index contributed by atoms with van der Waals surface area (Å²) in [5, 5.41) is 3.41. The molecule has 3 aliphatic rings. The Hall–Kier alpha value is -0.770. The second kappa shape index (κ2) is 4.16. The summed E-state index contributed by atoms with van der Waals surface area (Å²) in [4.78, 5) is 14.1. The van der Waals surface area contributed by atoms with Gasteiger partial charge in [0, 0.05) is 12.6 Å². The van der Waals surface area contributed by atoms with Crippen LogP contribution in [0.4, 0.5) is 4.79 Å². The summed E-state index contributed by atoms with van der Waals surface area (Å²) in [5.41, 5.74) is -0.0738. The first-order valence-corrected chi connectivity index (χ1v) is 6.88. The monoisotopic (exact) mass is 238 g/mol. The average molecular weight is 238 g/mol. The highest BCUT2D eigenvalue weighted by Gasteiger charge is 2.52. The van der Waals surface area contributed by atoms with Crippen LogP contribution in [0.1, 0.15) is 39.0 Å². The quantitative estimate of drug-likeness (QED) is 0.797. The SMILES string of the molecule is CC1(C2CCNC2)COC(=O)N1C1CCCC1. The number of hydrogen-bond donors (Lipinski definition) is 1. The molecule has 96 valence electrons. The predicted molar refractivity (Wildman–Crippen MR) is 64.8 cm³/mol. The zero-order valence-corrected chi connectivity index (χ0v) is 10.6. The first-order chi connectivity index (χ1) is 8.22. The molecule has 0 aromatic heterocycles. The second-order valence-electron chi connectivity index (χ2n) is 5.91. The Labute approximate surface area is 103 Å². The first kappa shape index (κ1) is 11.3. The van der Waals surface area contributed by atoms with Gasteiger partial charge in [-0.05, 0) is 38.6 Å². The van der Waals surface area contributed by atoms with E-state index in [0.717, 1.165) is 32.4 Å². The van der Waals surface area contributed by atoms with Gasteiger partial charge in [-0.2, -0.15) is 0 Å². The lowest BCUT2D eigenvalue weighted by molar-refractivity contribution is 0.0884. The Morgan fingerprint density at radius 2 is 2.12 bits per heavy atom. The minimum atomic E-state index is -0.0775. The topological polar surface area (TPSA) is 41.6 Å². The van der Waals surface area contributed by atoms with Gasteiger partial charge in [0.2, 0.25) is 0 Å². The van der Waals surface area contributed by atoms with Crippen LogP contribution in [-0.4, -0.2) is 42.3 Å². The van der Waals surface area contributed by atoms with Crippen molar-refractivity contribution >= 4 is 6.09 Å². The largest absolute Gasteiger partial charge is 0.447 e. The minimum absolute atomic E-state index is 0.0738. The maximum absolute atomic E-state index is 12.0. The zero-order chi connectivity index (χ0) is 11.9. The van der Waals surface area contributed by atoms with E-state index in [1.54, 1.807) is 0 Å². The molecule has 2 saturated heterocycles. The molecular formula is C13H22N2O2. The highest BCUT2D eigenvalue weighted by molar-refractivity contribution is 5.71. The van der Waals surface area contributed by atoms with Crippen LogP contribution in [0.2, 0.25) is 0 Å². The molecule has 1 saturated carbocycles. The molecular weight excluding hydrogens is 216 g/mol. The summed E-state index contributed by atoms with van der Waals surface area (Å²) in [6.07, 6.45) is 5.92. The minimum Gasteiger partial charge on any atom is -0.447 e. The van der Waals surface area contributed by atoms with Gasteiger partial charge in [0.05, 0.1) is 5.54 Å². The third-order valence-electron chi connectivity index (χ3n) is 4.86. The molecule has 0 aromatic carbocycles. The van der Waals surface area contributed by atoms with Crippen molar-refractivity contribution in [2.75, 3.05) is 19.7 Å². The van der Waals surface area contributed by atoms with Crippen molar-refractivity contribution in [3.8, 4) is 0 Å². The summed E-state index contributed by atoms with van der Waals surface area (Å²) >= 11 is 0. The molecule has 2 unspecified atom stereocenters. The molecule has 2 heterocycles. The smallest absolute Gasteiger partial charge is 0.410 e. The Bertz CT molecular complexity index is 309. The number of amides is 1. The van der Waals surface area contributed by atoms with Crippen molar-refractivity contribution in [3.63, 3.8) is 0 Å². The van der Waals surface area contributed by atoms with E-state index in [1.165, 1.54) is 12.8 Å². The van der Waals surface area contributed by atoms with Crippen molar-refractivity contribution in [2.45, 2.75) is 50.6 Å². The zero-order valence-electron chi connectivity index (χ0n) is 10.6. The summed E-state index contributed by atoms with van der Waals surface area (Å²) < 4.78 is 5.37. The number of carbonyl (C=O) groups is 1. The molecule has 17 heavy (non-hydrogen) atoms. The average Bonchev–Trinajstić information content (AvgIpc) is 2.99. The first-order valence-electron chi connectivity index (χ1n) is 6.88. The fourth-order valence-electron chi connectivity index (χ4n) is 3.78. The number of rotatable bonds is 2. The van der Waals surface area contributed by atoms with Crippen molar-refractivity contribution in [3.05, 3.63) is 0 Å². The fourth-order valence-corrected chi connectivity index (χ4v) is 3.78. The molecule has 0 spiro atoms. The van der Waals surface area contributed by atoms with Crippen LogP contribution in [0.15, 0.2) is 0 Å². The van der Waals surface area contributed by atoms with Crippen LogP contribution < -0.4 is 5.32 Å². The van der Waals surface area contributed by atoms with Crippen LogP contribution in [0.3, 0.4) is 0 Å². The highest BCUT2D eigenvalue weighted by atomic mass is 16.6. The van der Waals surface area contributed by atoms with Gasteiger partial charge >= 0.3 is 6.09 Å². The van der Waals surface area contributed by atoms with Crippen LogP contribution in [0.25, 0.3) is 0 Å². The molecule has 0 aromatic rings. The molecule has 2 atom stereocenters. The molecule has 0 bridgehead atoms. The lowest BCUT2D eigenvalue weighted by Gasteiger charge is -2.40. The van der Waals surface area contributed by atoms with Gasteiger partial charge in [0.15, 0.2) is 0 Å². The number of nitrogens with one attached hydrogen (secondary N) is 1. The summed E-state index contributed by atoms with van der Waals surface area (Å²) in [6.45, 7) is 4.89. The summed E-state index contributed by atoms with van der Waals surface area (Å²) in [7, 11) is 0. The summed E-state index contributed by atoms with van der Waals surface area (Å²) in [5.74, 6) is 0.551. The molecule has 4 heteroatoms. The van der Waals surface area contributed by atoms with E-state index in [-0.39, 0.29) is 11.6 Å². The van der Waals surface area contributed by atoms with E-state index in [1.807, 2.05) is 0 Å². The third kappa shape index (κ3) is 1.73. The van der Waals surface area contributed by atoms with Crippen LogP contribution in [-0.2, 0) is 4.74 Å². The Morgan fingerprint density at radius 3 is 2.76 bits per heavy atom. The van der Waals surface area contributed by atoms with Gasteiger partial charge in [-0.15, -0.1) is 0 Å². The van der Waals surface area contributed by atoms with Crippen molar-refractivity contribution in [1.82, 2.24) is 10.2 Å². The maximum Gasteiger partial charge on any atom is 0.410 e. The molecule has 1 N–H and O–H groups in total. The van der Waals surface area contributed by atoms with Crippen molar-refractivity contribution in [1.29, 1.82) is 0 Å². The van der Waals surface area contributed by atoms with Gasteiger partial charge in [-0.25, -0.2) is 4.79 Å². The molecule has 2 aliphatic heterocycles. The van der Waals surface area contributed by atoms with Gasteiger partial charge in [-0.1, -0.05) is 12.8 Å². The number of ether oxygens (including phenoxy) is 1. The molecule has 0 radical (unpaired) electrons. The van der Waals surface area contributed by atoms with Crippen LogP contribution >= 0.6 is 0 Å². The van der Waals surface area contributed by atoms with E-state index in [4.69, 9.17) is 4.74 Å². The van der Waals surface area contributed by atoms with E-state index >= 15 is 0 Å². The van der Waals surface area contributed by atoms with Gasteiger partial charge in [0.25, 0.3) is 0 Å². The normalized spacial score (nSPS) is 39.0. The lowest BCUT2D eigenvalue weighted by atomic mass is 9.83. The lowest BCUT2D eigenvalue weighted by Crippen LogP contribution is -2.54. The molecule has 3 fully saturated rings. The fraction of sp³-hybridized carbons (Fsp3) is 0.923. The van der Waals surface area contributed by atoms with Crippen LogP contribution in [0.5, 0.6) is 0 Å². The summed E-state index contributed by atoms with van der Waals surface area (Å²) in [6, 6.07) is 0.426. The Morgan fingerprint density at radius 1 is 1.35 bits per heavy atom. The number of carbonyl (C=O) groups excluding carboxylic acids is 1. The van der Waals surface area contributed by atoms with E-state index < -0.39 is 0 Å². The van der Waals surface area contributed by atoms with E-state index in [9.17, 15) is 4.79 Å². The van der Waals surface area contributed by atoms with Crippen molar-refractivity contribution < 1.29 is 9.53 Å². The number of hydrogen-bond acceptors (Lipinski definition) is 3. The van der Waals surface area contributed by atoms with Crippen molar-refractivity contribution in [2.24, 2.45) is 5.92 Å². The molecule has 1 amide bonds. The van der Waals surface area contributed by atoms with E-state index in [0.29, 0.717) is 18.6 Å². The predicted octanol–water partition coefficient (Wildman–Crippen LogP) is 1.75. The van der Waals surface area contributed by atoms with Gasteiger partial charge in [-0.3, -0.25) is 4.90 Å². The number of cyclic esters (lactones) is 1.